The van der Waals surface area contributed by atoms with Gasteiger partial charge in [0.2, 0.25) is 0 Å². The number of benzene rings is 1. The minimum Gasteiger partial charge on any atom is -0.494 e. The molecule has 0 radical (unpaired) electrons. The van der Waals surface area contributed by atoms with E-state index in [9.17, 15) is 0 Å². The van der Waals surface area contributed by atoms with Crippen molar-refractivity contribution < 1.29 is 4.74 Å². The van der Waals surface area contributed by atoms with E-state index in [-0.39, 0.29) is 5.41 Å². The summed E-state index contributed by atoms with van der Waals surface area (Å²) in [5.74, 6) is 1.39. The number of hydrogen-bond acceptors (Lipinski definition) is 4. The number of likely N-dealkylation sites (tertiary alicyclic amines) is 1. The third-order valence-corrected chi connectivity index (χ3v) is 9.17. The molecule has 3 atom stereocenters. The normalized spacial score (nSPS) is 30.6. The number of hydrogen-bond donors (Lipinski definition) is 2. The van der Waals surface area contributed by atoms with Crippen molar-refractivity contribution in [1.82, 2.24) is 4.90 Å². The van der Waals surface area contributed by atoms with Gasteiger partial charge >= 0.3 is 0 Å². The van der Waals surface area contributed by atoms with Crippen LogP contribution in [0.3, 0.4) is 0 Å². The lowest BCUT2D eigenvalue weighted by molar-refractivity contribution is -0.00190. The van der Waals surface area contributed by atoms with Crippen LogP contribution in [0.15, 0.2) is 18.2 Å². The van der Waals surface area contributed by atoms with Crippen molar-refractivity contribution in [1.29, 1.82) is 0 Å². The molecule has 29 heavy (non-hydrogen) atoms. The molecule has 1 aromatic rings. The first kappa shape index (κ1) is 23.9. The zero-order valence-electron chi connectivity index (χ0n) is 17.5. The molecule has 0 amide bonds. The molecule has 6 heteroatoms. The van der Waals surface area contributed by atoms with Crippen molar-refractivity contribution in [2.24, 2.45) is 11.3 Å². The third kappa shape index (κ3) is 5.74. The van der Waals surface area contributed by atoms with Gasteiger partial charge in [0.1, 0.15) is 5.75 Å². The number of ether oxygens (including phenoxy) is 1. The molecule has 1 saturated carbocycles. The second-order valence-corrected chi connectivity index (χ2v) is 10.8. The number of rotatable bonds is 8. The molecular weight excluding hydrogens is 441 g/mol. The quantitative estimate of drug-likeness (QED) is 0.308. The highest BCUT2D eigenvalue weighted by Gasteiger charge is 2.52. The Morgan fingerprint density at radius 3 is 2.55 bits per heavy atom. The average molecular weight is 477 g/mol. The van der Waals surface area contributed by atoms with Crippen LogP contribution in [0.4, 0.5) is 0 Å². The van der Waals surface area contributed by atoms with Gasteiger partial charge < -0.3 is 9.64 Å². The van der Waals surface area contributed by atoms with Gasteiger partial charge in [0, 0.05) is 28.5 Å². The molecule has 2 fully saturated rings. The van der Waals surface area contributed by atoms with Crippen molar-refractivity contribution in [2.75, 3.05) is 26.2 Å². The molecule has 3 unspecified atom stereocenters. The van der Waals surface area contributed by atoms with Crippen molar-refractivity contribution in [3.05, 3.63) is 28.2 Å². The minimum absolute atomic E-state index is 0.177. The number of piperidine rings is 1. The fraction of sp³-hybridized carbons (Fsp3) is 0.739. The summed E-state index contributed by atoms with van der Waals surface area (Å²) in [6, 6.07) is 5.49. The molecule has 1 saturated heterocycles. The Hall–Kier alpha value is 0.260. The molecule has 3 rings (SSSR count). The molecular formula is C23H35Cl2NOS2. The molecule has 1 aliphatic heterocycles. The summed E-state index contributed by atoms with van der Waals surface area (Å²) in [5.41, 5.74) is 0.177. The van der Waals surface area contributed by atoms with E-state index in [0.29, 0.717) is 33.1 Å². The molecule has 0 N–H and O–H groups in total. The lowest BCUT2D eigenvalue weighted by atomic mass is 9.61. The first-order chi connectivity index (χ1) is 14.0. The molecule has 0 aromatic heterocycles. The van der Waals surface area contributed by atoms with Gasteiger partial charge in [0.25, 0.3) is 0 Å². The van der Waals surface area contributed by atoms with Crippen LogP contribution < -0.4 is 4.74 Å². The van der Waals surface area contributed by atoms with E-state index < -0.39 is 0 Å². The van der Waals surface area contributed by atoms with Crippen LogP contribution in [0.1, 0.15) is 58.3 Å². The van der Waals surface area contributed by atoms with Gasteiger partial charge in [-0.15, -0.1) is 0 Å². The average Bonchev–Trinajstić information content (AvgIpc) is 2.70. The molecule has 1 aliphatic carbocycles. The standard InChI is InChI=1S/C23H35Cl2NOS2/c1-2-3-4-12-26-13-10-17(23(16-26)21(28)6-5-7-22(23)29)11-14-27-18-8-9-19(24)20(25)15-18/h8-9,15,17,21-22,28-29H,2-7,10-14,16H2,1H3. The monoisotopic (exact) mass is 475 g/mol. The van der Waals surface area contributed by atoms with Gasteiger partial charge in [-0.05, 0) is 63.2 Å². The van der Waals surface area contributed by atoms with Gasteiger partial charge in [0.05, 0.1) is 16.7 Å². The van der Waals surface area contributed by atoms with E-state index in [0.717, 1.165) is 18.7 Å². The first-order valence-electron chi connectivity index (χ1n) is 11.1. The maximum Gasteiger partial charge on any atom is 0.120 e. The van der Waals surface area contributed by atoms with Crippen LogP contribution in [0.2, 0.25) is 10.0 Å². The molecule has 2 nitrogen and oxygen atoms in total. The highest BCUT2D eigenvalue weighted by molar-refractivity contribution is 7.82. The van der Waals surface area contributed by atoms with Crippen LogP contribution in [0.25, 0.3) is 0 Å². The van der Waals surface area contributed by atoms with Gasteiger partial charge in [-0.3, -0.25) is 0 Å². The van der Waals surface area contributed by atoms with E-state index in [4.69, 9.17) is 53.2 Å². The zero-order chi connectivity index (χ0) is 20.9. The summed E-state index contributed by atoms with van der Waals surface area (Å²) < 4.78 is 6.05. The lowest BCUT2D eigenvalue weighted by Crippen LogP contribution is -2.59. The predicted octanol–water partition coefficient (Wildman–Crippen LogP) is 7.04. The molecule has 0 bridgehead atoms. The first-order valence-corrected chi connectivity index (χ1v) is 12.9. The molecule has 164 valence electrons. The molecule has 1 heterocycles. The maximum atomic E-state index is 6.13. The van der Waals surface area contributed by atoms with Crippen LogP contribution in [-0.4, -0.2) is 41.6 Å². The van der Waals surface area contributed by atoms with Crippen molar-refractivity contribution in [2.45, 2.75) is 68.8 Å². The summed E-state index contributed by atoms with van der Waals surface area (Å²) in [4.78, 5) is 2.68. The number of nitrogens with zero attached hydrogens (tertiary/aromatic N) is 1. The topological polar surface area (TPSA) is 12.5 Å². The predicted molar refractivity (Wildman–Crippen MR) is 132 cm³/mol. The Morgan fingerprint density at radius 2 is 1.86 bits per heavy atom. The Kier molecular flexibility index (Phi) is 9.25. The Bertz CT molecular complexity index is 650. The van der Waals surface area contributed by atoms with Crippen LogP contribution in [-0.2, 0) is 0 Å². The minimum atomic E-state index is 0.177. The summed E-state index contributed by atoms with van der Waals surface area (Å²) in [5, 5.41) is 1.94. The SMILES string of the molecule is CCCCCN1CCC(CCOc2ccc(Cl)c(Cl)c2)C2(C1)C(S)CCCC2S. The highest BCUT2D eigenvalue weighted by Crippen LogP contribution is 2.52. The second kappa shape index (κ2) is 11.2. The van der Waals surface area contributed by atoms with Gasteiger partial charge in [-0.2, -0.15) is 25.3 Å². The number of thiol groups is 2. The van der Waals surface area contributed by atoms with Crippen LogP contribution >= 0.6 is 48.5 Å². The fourth-order valence-electron chi connectivity index (χ4n) is 5.30. The van der Waals surface area contributed by atoms with Crippen molar-refractivity contribution >= 4 is 48.5 Å². The van der Waals surface area contributed by atoms with Crippen LogP contribution in [0, 0.1) is 11.3 Å². The highest BCUT2D eigenvalue weighted by atomic mass is 35.5. The maximum absolute atomic E-state index is 6.13. The van der Waals surface area contributed by atoms with Gasteiger partial charge in [-0.1, -0.05) is 49.4 Å². The summed E-state index contributed by atoms with van der Waals surface area (Å²) in [6.07, 6.45) is 9.79. The Balaban J connectivity index is 1.66. The smallest absolute Gasteiger partial charge is 0.120 e. The summed E-state index contributed by atoms with van der Waals surface area (Å²) in [6.45, 7) is 6.50. The summed E-state index contributed by atoms with van der Waals surface area (Å²) in [7, 11) is 0. The number of halogens is 2. The van der Waals surface area contributed by atoms with Gasteiger partial charge in [0.15, 0.2) is 0 Å². The van der Waals surface area contributed by atoms with Gasteiger partial charge in [-0.25, -0.2) is 0 Å². The molecule has 1 spiro atoms. The number of unbranched alkanes of at least 4 members (excludes halogenated alkanes) is 2. The van der Waals surface area contributed by atoms with Crippen LogP contribution in [0.5, 0.6) is 5.75 Å². The van der Waals surface area contributed by atoms with E-state index in [1.807, 2.05) is 6.07 Å². The lowest BCUT2D eigenvalue weighted by Gasteiger charge is -2.56. The Labute approximate surface area is 197 Å². The second-order valence-electron chi connectivity index (χ2n) is 8.76. The summed E-state index contributed by atoms with van der Waals surface area (Å²) >= 11 is 22.4. The van der Waals surface area contributed by atoms with E-state index in [1.54, 1.807) is 12.1 Å². The van der Waals surface area contributed by atoms with Crippen molar-refractivity contribution in [3.63, 3.8) is 0 Å². The largest absolute Gasteiger partial charge is 0.494 e. The molecule has 1 aromatic carbocycles. The van der Waals surface area contributed by atoms with E-state index in [2.05, 4.69) is 11.8 Å². The zero-order valence-corrected chi connectivity index (χ0v) is 20.8. The fourth-order valence-corrected chi connectivity index (χ4v) is 7.01. The van der Waals surface area contributed by atoms with Crippen molar-refractivity contribution in [3.8, 4) is 5.75 Å². The third-order valence-electron chi connectivity index (χ3n) is 6.95. The molecule has 2 aliphatic rings. The van der Waals surface area contributed by atoms with E-state index >= 15 is 0 Å². The Morgan fingerprint density at radius 1 is 1.10 bits per heavy atom. The van der Waals surface area contributed by atoms with E-state index in [1.165, 1.54) is 58.0 Å².